The van der Waals surface area contributed by atoms with Crippen molar-refractivity contribution in [3.63, 3.8) is 0 Å². The molecule has 0 aromatic carbocycles. The fourth-order valence-corrected chi connectivity index (χ4v) is 4.38. The van der Waals surface area contributed by atoms with Crippen molar-refractivity contribution < 1.29 is 0 Å². The standard InChI is InChI=1S/C11H18BrNS2/c1-4-9(13)11(15-7(2)3)10-5-8(12)6-14-10/h5-7,9,11H,4,13H2,1-3H3. The van der Waals surface area contributed by atoms with Crippen LogP contribution >= 0.6 is 39.0 Å². The molecule has 1 rings (SSSR count). The molecule has 1 heterocycles. The molecule has 0 aliphatic heterocycles. The first-order valence-electron chi connectivity index (χ1n) is 5.19. The Morgan fingerprint density at radius 1 is 1.53 bits per heavy atom. The lowest BCUT2D eigenvalue weighted by molar-refractivity contribution is 0.638. The number of halogens is 1. The van der Waals surface area contributed by atoms with Crippen LogP contribution in [0.15, 0.2) is 15.9 Å². The summed E-state index contributed by atoms with van der Waals surface area (Å²) in [4.78, 5) is 1.38. The molecule has 0 spiro atoms. The molecule has 2 unspecified atom stereocenters. The minimum Gasteiger partial charge on any atom is -0.326 e. The zero-order chi connectivity index (χ0) is 11.4. The number of thioether (sulfide) groups is 1. The normalized spacial score (nSPS) is 15.6. The van der Waals surface area contributed by atoms with Crippen molar-refractivity contribution in [2.75, 3.05) is 0 Å². The molecule has 2 atom stereocenters. The molecule has 15 heavy (non-hydrogen) atoms. The molecule has 4 heteroatoms. The van der Waals surface area contributed by atoms with Gasteiger partial charge in [0, 0.05) is 20.8 Å². The van der Waals surface area contributed by atoms with Crippen LogP contribution < -0.4 is 5.73 Å². The Kier molecular flexibility index (Phi) is 5.68. The van der Waals surface area contributed by atoms with E-state index in [9.17, 15) is 0 Å². The van der Waals surface area contributed by atoms with Crippen LogP contribution in [0.2, 0.25) is 0 Å². The van der Waals surface area contributed by atoms with E-state index in [0.29, 0.717) is 10.5 Å². The van der Waals surface area contributed by atoms with Gasteiger partial charge in [-0.15, -0.1) is 23.1 Å². The molecule has 0 bridgehead atoms. The third-order valence-electron chi connectivity index (χ3n) is 2.15. The Hall–Kier alpha value is 0.490. The Morgan fingerprint density at radius 2 is 2.20 bits per heavy atom. The molecule has 2 N–H and O–H groups in total. The van der Waals surface area contributed by atoms with Gasteiger partial charge in [0.15, 0.2) is 0 Å². The highest BCUT2D eigenvalue weighted by atomic mass is 79.9. The first kappa shape index (κ1) is 13.6. The molecule has 0 saturated heterocycles. The second-order valence-electron chi connectivity index (χ2n) is 3.84. The summed E-state index contributed by atoms with van der Waals surface area (Å²) in [7, 11) is 0. The van der Waals surface area contributed by atoms with Crippen LogP contribution in [0.5, 0.6) is 0 Å². The van der Waals surface area contributed by atoms with Gasteiger partial charge in [0.1, 0.15) is 0 Å². The molecule has 1 aromatic rings. The van der Waals surface area contributed by atoms with Crippen LogP contribution in [-0.2, 0) is 0 Å². The van der Waals surface area contributed by atoms with E-state index in [0.717, 1.165) is 6.42 Å². The molecule has 86 valence electrons. The molecule has 1 nitrogen and oxygen atoms in total. The van der Waals surface area contributed by atoms with E-state index in [1.54, 1.807) is 11.3 Å². The van der Waals surface area contributed by atoms with Gasteiger partial charge in [-0.1, -0.05) is 20.8 Å². The SMILES string of the molecule is CCC(N)C(SC(C)C)c1cc(Br)cs1. The largest absolute Gasteiger partial charge is 0.326 e. The van der Waals surface area contributed by atoms with Crippen molar-refractivity contribution in [3.05, 3.63) is 20.8 Å². The number of nitrogens with two attached hydrogens (primary N) is 1. The van der Waals surface area contributed by atoms with Gasteiger partial charge in [0.2, 0.25) is 0 Å². The van der Waals surface area contributed by atoms with Crippen LogP contribution in [0.25, 0.3) is 0 Å². The first-order valence-corrected chi connectivity index (χ1v) is 7.81. The minimum absolute atomic E-state index is 0.253. The van der Waals surface area contributed by atoms with Crippen molar-refractivity contribution in [1.82, 2.24) is 0 Å². The summed E-state index contributed by atoms with van der Waals surface area (Å²) < 4.78 is 1.17. The smallest absolute Gasteiger partial charge is 0.0545 e. The van der Waals surface area contributed by atoms with Gasteiger partial charge in [0.25, 0.3) is 0 Å². The van der Waals surface area contributed by atoms with Gasteiger partial charge >= 0.3 is 0 Å². The predicted octanol–water partition coefficient (Wildman–Crippen LogP) is 4.43. The molecule has 1 aromatic heterocycles. The van der Waals surface area contributed by atoms with Crippen LogP contribution in [0, 0.1) is 0 Å². The van der Waals surface area contributed by atoms with E-state index in [1.807, 2.05) is 11.8 Å². The van der Waals surface area contributed by atoms with Crippen molar-refractivity contribution in [1.29, 1.82) is 0 Å². The van der Waals surface area contributed by atoms with Crippen molar-refractivity contribution >= 4 is 39.0 Å². The molecule has 0 radical (unpaired) electrons. The Bertz CT molecular complexity index is 299. The van der Waals surface area contributed by atoms with Gasteiger partial charge in [-0.3, -0.25) is 0 Å². The molecular weight excluding hydrogens is 290 g/mol. The maximum atomic E-state index is 6.18. The zero-order valence-electron chi connectivity index (χ0n) is 9.37. The number of hydrogen-bond acceptors (Lipinski definition) is 3. The summed E-state index contributed by atoms with van der Waals surface area (Å²) in [5.74, 6) is 0. The van der Waals surface area contributed by atoms with E-state index in [4.69, 9.17) is 5.73 Å². The van der Waals surface area contributed by atoms with Crippen molar-refractivity contribution in [2.45, 2.75) is 43.7 Å². The number of rotatable bonds is 5. The highest BCUT2D eigenvalue weighted by molar-refractivity contribution is 9.10. The van der Waals surface area contributed by atoms with Crippen LogP contribution in [0.3, 0.4) is 0 Å². The third-order valence-corrected chi connectivity index (χ3v) is 5.51. The second-order valence-corrected chi connectivity index (χ2v) is 7.43. The van der Waals surface area contributed by atoms with Crippen LogP contribution in [-0.4, -0.2) is 11.3 Å². The highest BCUT2D eigenvalue weighted by Gasteiger charge is 2.21. The summed E-state index contributed by atoms with van der Waals surface area (Å²) in [6, 6.07) is 2.45. The average Bonchev–Trinajstić information content (AvgIpc) is 2.59. The predicted molar refractivity (Wildman–Crippen MR) is 75.8 cm³/mol. The summed E-state index contributed by atoms with van der Waals surface area (Å²) in [5.41, 5.74) is 6.18. The fourth-order valence-electron chi connectivity index (χ4n) is 1.36. The van der Waals surface area contributed by atoms with Gasteiger partial charge in [0.05, 0.1) is 5.25 Å². The Morgan fingerprint density at radius 3 is 2.60 bits per heavy atom. The lowest BCUT2D eigenvalue weighted by Gasteiger charge is -2.23. The van der Waals surface area contributed by atoms with Gasteiger partial charge in [-0.2, -0.15) is 0 Å². The number of thiophene rings is 1. The minimum atomic E-state index is 0.253. The summed E-state index contributed by atoms with van der Waals surface area (Å²) >= 11 is 7.26. The topological polar surface area (TPSA) is 26.0 Å². The maximum absolute atomic E-state index is 6.18. The lowest BCUT2D eigenvalue weighted by Crippen LogP contribution is -2.26. The molecule has 0 saturated carbocycles. The van der Waals surface area contributed by atoms with Gasteiger partial charge in [-0.05, 0) is 33.7 Å². The van der Waals surface area contributed by atoms with E-state index in [1.165, 1.54) is 9.35 Å². The van der Waals surface area contributed by atoms with E-state index in [2.05, 4.69) is 48.1 Å². The van der Waals surface area contributed by atoms with Crippen LogP contribution in [0.1, 0.15) is 37.3 Å². The summed E-state index contributed by atoms with van der Waals surface area (Å²) in [5, 5.41) is 3.19. The summed E-state index contributed by atoms with van der Waals surface area (Å²) in [6.07, 6.45) is 1.03. The Balaban J connectivity index is 2.80. The monoisotopic (exact) mass is 307 g/mol. The van der Waals surface area contributed by atoms with E-state index < -0.39 is 0 Å². The molecule has 0 aliphatic rings. The molecule has 0 amide bonds. The quantitative estimate of drug-likeness (QED) is 0.871. The van der Waals surface area contributed by atoms with Crippen molar-refractivity contribution in [3.8, 4) is 0 Å². The summed E-state index contributed by atoms with van der Waals surface area (Å²) in [6.45, 7) is 6.60. The average molecular weight is 308 g/mol. The first-order chi connectivity index (χ1) is 7.04. The van der Waals surface area contributed by atoms with Crippen molar-refractivity contribution in [2.24, 2.45) is 5.73 Å². The van der Waals surface area contributed by atoms with Gasteiger partial charge < -0.3 is 5.73 Å². The fraction of sp³-hybridized carbons (Fsp3) is 0.636. The van der Waals surface area contributed by atoms with E-state index >= 15 is 0 Å². The maximum Gasteiger partial charge on any atom is 0.0545 e. The molecular formula is C11H18BrNS2. The third kappa shape index (κ3) is 4.10. The van der Waals surface area contributed by atoms with E-state index in [-0.39, 0.29) is 6.04 Å². The highest BCUT2D eigenvalue weighted by Crippen LogP contribution is 2.39. The molecule has 0 aliphatic carbocycles. The Labute approximate surface area is 109 Å². The van der Waals surface area contributed by atoms with Gasteiger partial charge in [-0.25, -0.2) is 0 Å². The second kappa shape index (κ2) is 6.28. The number of hydrogen-bond donors (Lipinski definition) is 1. The van der Waals surface area contributed by atoms with Crippen LogP contribution in [0.4, 0.5) is 0 Å². The zero-order valence-corrected chi connectivity index (χ0v) is 12.6. The lowest BCUT2D eigenvalue weighted by atomic mass is 10.1. The molecule has 0 fully saturated rings.